The van der Waals surface area contributed by atoms with E-state index in [1.165, 1.54) is 6.08 Å². The number of nitrogens with one attached hydrogen (secondary N) is 1. The number of nitrogens with zero attached hydrogens (tertiary/aromatic N) is 1. The maximum Gasteiger partial charge on any atom is 0.341 e. The normalized spacial score (nSPS) is 10.7. The highest BCUT2D eigenvalue weighted by Crippen LogP contribution is 2.37. The second-order valence-corrected chi connectivity index (χ2v) is 6.29. The summed E-state index contributed by atoms with van der Waals surface area (Å²) in [6, 6.07) is 13.8. The number of amides is 1. The fourth-order valence-electron chi connectivity index (χ4n) is 2.24. The van der Waals surface area contributed by atoms with Crippen LogP contribution in [-0.4, -0.2) is 30.2 Å². The van der Waals surface area contributed by atoms with Gasteiger partial charge in [0.25, 0.3) is 5.91 Å². The van der Waals surface area contributed by atoms with Crippen LogP contribution >= 0.6 is 15.9 Å². The lowest BCUT2D eigenvalue weighted by Crippen LogP contribution is -2.13. The van der Waals surface area contributed by atoms with Gasteiger partial charge in [-0.1, -0.05) is 18.2 Å². The summed E-state index contributed by atoms with van der Waals surface area (Å²) in [5, 5.41) is 20.8. The van der Waals surface area contributed by atoms with Gasteiger partial charge in [-0.25, -0.2) is 4.79 Å². The quantitative estimate of drug-likeness (QED) is 0.472. The standard InChI is InChI=1S/C20H17BrN2O5/c1-2-27-17-10-13(9-16(21)19(17)28-12-18(24)25)8-14(11-22)20(26)23-15-6-4-3-5-7-15/h3-10H,2,12H2,1H3,(H,23,26)(H,24,25)/b14-8+. The number of ether oxygens (including phenoxy) is 2. The van der Waals surface area contributed by atoms with Crippen molar-refractivity contribution in [3.05, 3.63) is 58.1 Å². The van der Waals surface area contributed by atoms with Crippen LogP contribution in [-0.2, 0) is 9.59 Å². The van der Waals surface area contributed by atoms with Crippen molar-refractivity contribution in [1.29, 1.82) is 5.26 Å². The minimum atomic E-state index is -1.12. The zero-order valence-electron chi connectivity index (χ0n) is 14.9. The van der Waals surface area contributed by atoms with Gasteiger partial charge in [0.2, 0.25) is 0 Å². The summed E-state index contributed by atoms with van der Waals surface area (Å²) in [5.74, 6) is -1.14. The molecule has 0 aliphatic rings. The van der Waals surface area contributed by atoms with Crippen molar-refractivity contribution in [3.63, 3.8) is 0 Å². The van der Waals surface area contributed by atoms with E-state index in [-0.39, 0.29) is 11.3 Å². The maximum absolute atomic E-state index is 12.4. The zero-order chi connectivity index (χ0) is 20.5. The number of anilines is 1. The van der Waals surface area contributed by atoms with Gasteiger partial charge in [-0.05, 0) is 58.8 Å². The van der Waals surface area contributed by atoms with Gasteiger partial charge in [-0.15, -0.1) is 0 Å². The first-order valence-electron chi connectivity index (χ1n) is 8.23. The summed E-state index contributed by atoms with van der Waals surface area (Å²) in [5.41, 5.74) is 0.984. The molecule has 0 bridgehead atoms. The number of nitriles is 1. The summed E-state index contributed by atoms with van der Waals surface area (Å²) >= 11 is 3.31. The van der Waals surface area contributed by atoms with E-state index >= 15 is 0 Å². The molecule has 2 aromatic rings. The third-order valence-corrected chi connectivity index (χ3v) is 3.97. The van der Waals surface area contributed by atoms with Crippen molar-refractivity contribution in [1.82, 2.24) is 0 Å². The number of aliphatic carboxylic acids is 1. The first-order chi connectivity index (χ1) is 13.4. The van der Waals surface area contributed by atoms with Gasteiger partial charge in [0.1, 0.15) is 11.6 Å². The van der Waals surface area contributed by atoms with Crippen LogP contribution in [0.4, 0.5) is 5.69 Å². The Balaban J connectivity index is 2.32. The number of hydrogen-bond donors (Lipinski definition) is 2. The van der Waals surface area contributed by atoms with Crippen LogP contribution in [0.3, 0.4) is 0 Å². The molecule has 2 aromatic carbocycles. The molecule has 0 atom stereocenters. The Morgan fingerprint density at radius 3 is 2.57 bits per heavy atom. The zero-order valence-corrected chi connectivity index (χ0v) is 16.5. The number of carbonyl (C=O) groups is 2. The van der Waals surface area contributed by atoms with Crippen LogP contribution in [0.1, 0.15) is 12.5 Å². The van der Waals surface area contributed by atoms with Crippen molar-refractivity contribution in [2.75, 3.05) is 18.5 Å². The van der Waals surface area contributed by atoms with E-state index in [0.717, 1.165) is 0 Å². The number of benzene rings is 2. The van der Waals surface area contributed by atoms with Crippen LogP contribution < -0.4 is 14.8 Å². The molecular weight excluding hydrogens is 428 g/mol. The van der Waals surface area contributed by atoms with Crippen LogP contribution in [0.2, 0.25) is 0 Å². The van der Waals surface area contributed by atoms with Gasteiger partial charge in [-0.3, -0.25) is 4.79 Å². The Morgan fingerprint density at radius 2 is 1.96 bits per heavy atom. The van der Waals surface area contributed by atoms with Crippen molar-refractivity contribution in [3.8, 4) is 17.6 Å². The van der Waals surface area contributed by atoms with Gasteiger partial charge >= 0.3 is 5.97 Å². The van der Waals surface area contributed by atoms with Crippen LogP contribution in [0, 0.1) is 11.3 Å². The second kappa shape index (κ2) is 10.1. The van der Waals surface area contributed by atoms with E-state index < -0.39 is 18.5 Å². The molecule has 8 heteroatoms. The third kappa shape index (κ3) is 5.86. The summed E-state index contributed by atoms with van der Waals surface area (Å²) < 4.78 is 11.2. The highest BCUT2D eigenvalue weighted by molar-refractivity contribution is 9.10. The molecule has 0 radical (unpaired) electrons. The van der Waals surface area contributed by atoms with Crippen LogP contribution in [0.25, 0.3) is 6.08 Å². The number of para-hydroxylation sites is 1. The number of carboxylic acid groups (broad SMARTS) is 1. The summed E-state index contributed by atoms with van der Waals surface area (Å²) in [6.07, 6.45) is 1.41. The average Bonchev–Trinajstić information content (AvgIpc) is 2.66. The highest BCUT2D eigenvalue weighted by atomic mass is 79.9. The number of hydrogen-bond acceptors (Lipinski definition) is 5. The molecule has 0 spiro atoms. The lowest BCUT2D eigenvalue weighted by molar-refractivity contribution is -0.139. The van der Waals surface area contributed by atoms with Gasteiger partial charge in [0.15, 0.2) is 18.1 Å². The molecule has 1 amide bonds. The fourth-order valence-corrected chi connectivity index (χ4v) is 2.82. The SMILES string of the molecule is CCOc1cc(/C=C(\C#N)C(=O)Nc2ccccc2)cc(Br)c1OCC(=O)O. The Morgan fingerprint density at radius 1 is 1.25 bits per heavy atom. The first-order valence-corrected chi connectivity index (χ1v) is 9.03. The van der Waals surface area contributed by atoms with Crippen molar-refractivity contribution >= 4 is 39.6 Å². The monoisotopic (exact) mass is 444 g/mol. The van der Waals surface area contributed by atoms with Crippen molar-refractivity contribution < 1.29 is 24.2 Å². The molecule has 0 aliphatic carbocycles. The molecule has 2 N–H and O–H groups in total. The predicted molar refractivity (Wildman–Crippen MR) is 107 cm³/mol. The molecule has 0 heterocycles. The Kier molecular flexibility index (Phi) is 7.60. The van der Waals surface area contributed by atoms with Crippen molar-refractivity contribution in [2.45, 2.75) is 6.92 Å². The molecule has 144 valence electrons. The molecule has 7 nitrogen and oxygen atoms in total. The number of carboxylic acids is 1. The van der Waals surface area contributed by atoms with E-state index in [4.69, 9.17) is 14.6 Å². The molecule has 2 rings (SSSR count). The predicted octanol–water partition coefficient (Wildman–Crippen LogP) is 3.86. The van der Waals surface area contributed by atoms with Gasteiger partial charge in [-0.2, -0.15) is 5.26 Å². The number of carbonyl (C=O) groups excluding carboxylic acids is 1. The Labute approximate surface area is 170 Å². The fraction of sp³-hybridized carbons (Fsp3) is 0.150. The summed E-state index contributed by atoms with van der Waals surface area (Å²) in [7, 11) is 0. The second-order valence-electron chi connectivity index (χ2n) is 5.44. The third-order valence-electron chi connectivity index (χ3n) is 3.38. The Bertz CT molecular complexity index is 936. The minimum Gasteiger partial charge on any atom is -0.490 e. The topological polar surface area (TPSA) is 109 Å². The largest absolute Gasteiger partial charge is 0.490 e. The number of rotatable bonds is 8. The molecule has 0 aromatic heterocycles. The van der Waals surface area contributed by atoms with Crippen molar-refractivity contribution in [2.24, 2.45) is 0 Å². The molecule has 0 fully saturated rings. The highest BCUT2D eigenvalue weighted by Gasteiger charge is 2.15. The van der Waals surface area contributed by atoms with E-state index in [0.29, 0.717) is 28.1 Å². The molecule has 0 saturated carbocycles. The maximum atomic E-state index is 12.4. The number of halogens is 1. The summed E-state index contributed by atoms with van der Waals surface area (Å²) in [6.45, 7) is 1.56. The van der Waals surface area contributed by atoms with Crippen LogP contribution in [0.5, 0.6) is 11.5 Å². The summed E-state index contributed by atoms with van der Waals surface area (Å²) in [4.78, 5) is 23.1. The lowest BCUT2D eigenvalue weighted by Gasteiger charge is -2.13. The molecular formula is C20H17BrN2O5. The van der Waals surface area contributed by atoms with E-state index in [1.807, 2.05) is 12.1 Å². The van der Waals surface area contributed by atoms with E-state index in [2.05, 4.69) is 21.2 Å². The van der Waals surface area contributed by atoms with Gasteiger partial charge < -0.3 is 19.9 Å². The van der Waals surface area contributed by atoms with E-state index in [1.54, 1.807) is 43.3 Å². The van der Waals surface area contributed by atoms with Crippen LogP contribution in [0.15, 0.2) is 52.5 Å². The smallest absolute Gasteiger partial charge is 0.341 e. The average molecular weight is 445 g/mol. The molecule has 0 unspecified atom stereocenters. The van der Waals surface area contributed by atoms with Gasteiger partial charge in [0, 0.05) is 5.69 Å². The molecule has 0 aliphatic heterocycles. The lowest BCUT2D eigenvalue weighted by atomic mass is 10.1. The minimum absolute atomic E-state index is 0.0996. The molecule has 0 saturated heterocycles. The van der Waals surface area contributed by atoms with Gasteiger partial charge in [0.05, 0.1) is 11.1 Å². The van der Waals surface area contributed by atoms with E-state index in [9.17, 15) is 14.9 Å². The Hall–Kier alpha value is -3.31. The molecule has 28 heavy (non-hydrogen) atoms. The first kappa shape index (κ1) is 21.0.